The Morgan fingerprint density at radius 3 is 2.56 bits per heavy atom. The maximum atomic E-state index is 13.5. The van der Waals surface area contributed by atoms with Crippen LogP contribution < -0.4 is 16.8 Å². The molecule has 2 saturated heterocycles. The number of carbonyl (C=O) groups is 2. The highest BCUT2D eigenvalue weighted by Gasteiger charge is 2.54. The normalized spacial score (nSPS) is 29.9. The van der Waals surface area contributed by atoms with E-state index in [1.807, 2.05) is 0 Å². The number of hydrogen-bond acceptors (Lipinski definition) is 9. The molecule has 0 aromatic carbocycles. The van der Waals surface area contributed by atoms with Gasteiger partial charge >= 0.3 is 13.1 Å². The first-order valence-electron chi connectivity index (χ1n) is 10.6. The third kappa shape index (κ3) is 5.77. The molecule has 2 aliphatic heterocycles. The van der Waals surface area contributed by atoms with Crippen LogP contribution in [0.4, 0.5) is 0 Å². The fourth-order valence-electron chi connectivity index (χ4n) is 4.20. The standard InChI is InChI=1S/C17H34BN5O8S/c1-3-23(14-9-31-8-13(14)21-15(24)11(2)19)32(29,30)22-7-12(5-4-6-18(27)28)17(20,10-22)16(25)26/h11-14,27-28H,3-10,19-20H2,1-2H3,(H,21,24)(H,25,26)/t11-,12-,13-,14?,17-/m0/s1. The van der Waals surface area contributed by atoms with E-state index < -0.39 is 65.3 Å². The molecule has 2 rings (SSSR count). The number of nitrogens with two attached hydrogens (primary N) is 2. The summed E-state index contributed by atoms with van der Waals surface area (Å²) >= 11 is 0. The molecular formula is C17H34BN5O8S. The Morgan fingerprint density at radius 1 is 1.38 bits per heavy atom. The van der Waals surface area contributed by atoms with E-state index in [-0.39, 0.29) is 45.5 Å². The summed E-state index contributed by atoms with van der Waals surface area (Å²) in [4.78, 5) is 23.9. The molecule has 0 bridgehead atoms. The second kappa shape index (κ2) is 10.7. The number of carboxylic acid groups (broad SMARTS) is 1. The number of nitrogens with one attached hydrogen (secondary N) is 1. The van der Waals surface area contributed by atoms with Gasteiger partial charge in [-0.1, -0.05) is 13.3 Å². The minimum Gasteiger partial charge on any atom is -0.480 e. The average molecular weight is 479 g/mol. The number of hydrogen-bond donors (Lipinski definition) is 6. The van der Waals surface area contributed by atoms with Crippen LogP contribution in [0.3, 0.4) is 0 Å². The number of nitrogens with zero attached hydrogens (tertiary/aromatic N) is 2. The Kier molecular flexibility index (Phi) is 9.03. The van der Waals surface area contributed by atoms with Gasteiger partial charge in [0, 0.05) is 25.6 Å². The topological polar surface area (TPSA) is 209 Å². The maximum Gasteiger partial charge on any atom is 0.451 e. The Labute approximate surface area is 188 Å². The van der Waals surface area contributed by atoms with Gasteiger partial charge in [0.2, 0.25) is 5.91 Å². The van der Waals surface area contributed by atoms with Crippen LogP contribution in [0, 0.1) is 5.92 Å². The maximum absolute atomic E-state index is 13.5. The summed E-state index contributed by atoms with van der Waals surface area (Å²) in [7, 11) is -5.67. The van der Waals surface area contributed by atoms with Crippen molar-refractivity contribution in [3.63, 3.8) is 0 Å². The Balaban J connectivity index is 2.22. The van der Waals surface area contributed by atoms with Crippen molar-refractivity contribution in [3.8, 4) is 0 Å². The van der Waals surface area contributed by atoms with E-state index in [9.17, 15) is 23.1 Å². The minimum absolute atomic E-state index is 0.0282. The van der Waals surface area contributed by atoms with Crippen LogP contribution in [0.15, 0.2) is 0 Å². The third-order valence-electron chi connectivity index (χ3n) is 6.10. The van der Waals surface area contributed by atoms with Crippen molar-refractivity contribution in [2.45, 2.75) is 56.7 Å². The van der Waals surface area contributed by atoms with Gasteiger partial charge in [0.15, 0.2) is 0 Å². The summed E-state index contributed by atoms with van der Waals surface area (Å²) in [5, 5.41) is 30.5. The first-order chi connectivity index (χ1) is 14.8. The molecule has 184 valence electrons. The fourth-order valence-corrected chi connectivity index (χ4v) is 6.12. The first kappa shape index (κ1) is 26.9. The lowest BCUT2D eigenvalue weighted by Gasteiger charge is -2.33. The zero-order valence-electron chi connectivity index (χ0n) is 18.4. The third-order valence-corrected chi connectivity index (χ3v) is 8.15. The van der Waals surface area contributed by atoms with Crippen LogP contribution in [0.2, 0.25) is 6.32 Å². The second-order valence-corrected chi connectivity index (χ2v) is 10.3. The van der Waals surface area contributed by atoms with Gasteiger partial charge in [-0.3, -0.25) is 9.59 Å². The van der Waals surface area contributed by atoms with Crippen molar-refractivity contribution >= 4 is 29.2 Å². The van der Waals surface area contributed by atoms with Gasteiger partial charge in [-0.25, -0.2) is 0 Å². The lowest BCUT2D eigenvalue weighted by Crippen LogP contribution is -2.58. The molecule has 1 unspecified atom stereocenters. The molecule has 2 heterocycles. The molecule has 0 spiro atoms. The van der Waals surface area contributed by atoms with Crippen LogP contribution in [-0.4, -0.2) is 108 Å². The summed E-state index contributed by atoms with van der Waals surface area (Å²) in [6.07, 6.45) is 0.528. The number of aliphatic carboxylic acids is 1. The first-order valence-corrected chi connectivity index (χ1v) is 12.0. The van der Waals surface area contributed by atoms with Gasteiger partial charge in [-0.05, 0) is 19.7 Å². The van der Waals surface area contributed by atoms with E-state index in [0.29, 0.717) is 0 Å². The number of ether oxygens (including phenoxy) is 1. The van der Waals surface area contributed by atoms with Crippen molar-refractivity contribution in [1.82, 2.24) is 13.9 Å². The van der Waals surface area contributed by atoms with E-state index in [1.165, 1.54) is 11.2 Å². The second-order valence-electron chi connectivity index (χ2n) is 8.47. The largest absolute Gasteiger partial charge is 0.480 e. The average Bonchev–Trinajstić information content (AvgIpc) is 3.27. The highest BCUT2D eigenvalue weighted by atomic mass is 32.2. The highest BCUT2D eigenvalue weighted by molar-refractivity contribution is 7.86. The molecule has 5 atom stereocenters. The Hall–Kier alpha value is -1.33. The quantitative estimate of drug-likeness (QED) is 0.163. The Morgan fingerprint density at radius 2 is 2.03 bits per heavy atom. The summed E-state index contributed by atoms with van der Waals surface area (Å²) in [6, 6.07) is -2.06. The molecule has 0 aromatic heterocycles. The van der Waals surface area contributed by atoms with Crippen LogP contribution in [0.25, 0.3) is 0 Å². The zero-order valence-corrected chi connectivity index (χ0v) is 19.2. The van der Waals surface area contributed by atoms with E-state index in [2.05, 4.69) is 5.32 Å². The molecule has 0 aliphatic carbocycles. The summed E-state index contributed by atoms with van der Waals surface area (Å²) in [5.41, 5.74) is 9.91. The zero-order chi connectivity index (χ0) is 24.3. The number of rotatable bonds is 11. The lowest BCUT2D eigenvalue weighted by atomic mass is 9.78. The van der Waals surface area contributed by atoms with E-state index in [1.54, 1.807) is 6.92 Å². The minimum atomic E-state index is -4.14. The monoisotopic (exact) mass is 479 g/mol. The molecular weight excluding hydrogens is 445 g/mol. The number of likely N-dealkylation sites (N-methyl/N-ethyl adjacent to an activating group) is 1. The SMILES string of the molecule is CCN(C1COC[C@@H]1NC(=O)[C@H](C)N)S(=O)(=O)N1C[C@H](CCCB(O)O)[C@](N)(C(=O)O)C1. The van der Waals surface area contributed by atoms with Gasteiger partial charge in [-0.2, -0.15) is 17.0 Å². The molecule has 15 heteroatoms. The van der Waals surface area contributed by atoms with Crippen LogP contribution in [-0.2, 0) is 24.5 Å². The highest BCUT2D eigenvalue weighted by Crippen LogP contribution is 2.34. The molecule has 0 saturated carbocycles. The van der Waals surface area contributed by atoms with Crippen molar-refractivity contribution in [2.75, 3.05) is 32.8 Å². The Bertz CT molecular complexity index is 785. The van der Waals surface area contributed by atoms with Crippen molar-refractivity contribution < 1.29 is 37.9 Å². The fraction of sp³-hybridized carbons (Fsp3) is 0.882. The predicted molar refractivity (Wildman–Crippen MR) is 115 cm³/mol. The van der Waals surface area contributed by atoms with Gasteiger partial charge in [0.1, 0.15) is 5.54 Å². The molecule has 13 nitrogen and oxygen atoms in total. The van der Waals surface area contributed by atoms with Crippen molar-refractivity contribution in [2.24, 2.45) is 17.4 Å². The van der Waals surface area contributed by atoms with Crippen LogP contribution in [0.5, 0.6) is 0 Å². The predicted octanol–water partition coefficient (Wildman–Crippen LogP) is -3.25. The molecule has 32 heavy (non-hydrogen) atoms. The van der Waals surface area contributed by atoms with Crippen LogP contribution in [0.1, 0.15) is 26.7 Å². The van der Waals surface area contributed by atoms with Crippen molar-refractivity contribution in [3.05, 3.63) is 0 Å². The molecule has 2 aliphatic rings. The lowest BCUT2D eigenvalue weighted by molar-refractivity contribution is -0.144. The number of amides is 1. The molecule has 0 aromatic rings. The molecule has 8 N–H and O–H groups in total. The van der Waals surface area contributed by atoms with Crippen LogP contribution >= 0.6 is 0 Å². The molecule has 1 amide bonds. The molecule has 2 fully saturated rings. The summed E-state index contributed by atoms with van der Waals surface area (Å²) in [5.74, 6) is -2.46. The number of carboxylic acids is 1. The molecule has 0 radical (unpaired) electrons. The van der Waals surface area contributed by atoms with E-state index >= 15 is 0 Å². The van der Waals surface area contributed by atoms with E-state index in [4.69, 9.17) is 26.3 Å². The van der Waals surface area contributed by atoms with Gasteiger partial charge in [0.05, 0.1) is 31.3 Å². The van der Waals surface area contributed by atoms with E-state index in [0.717, 1.165) is 4.31 Å². The summed E-state index contributed by atoms with van der Waals surface area (Å²) < 4.78 is 34.6. The smallest absolute Gasteiger partial charge is 0.451 e. The van der Waals surface area contributed by atoms with Gasteiger partial charge < -0.3 is 36.7 Å². The van der Waals surface area contributed by atoms with Gasteiger partial charge in [0.25, 0.3) is 10.2 Å². The summed E-state index contributed by atoms with van der Waals surface area (Å²) in [6.45, 7) is 2.88. The van der Waals surface area contributed by atoms with Crippen molar-refractivity contribution in [1.29, 1.82) is 0 Å². The number of carbonyl (C=O) groups excluding carboxylic acids is 1. The van der Waals surface area contributed by atoms with Gasteiger partial charge in [-0.15, -0.1) is 0 Å².